The number of hydrogen-bond acceptors (Lipinski definition) is 3. The Morgan fingerprint density at radius 1 is 1.19 bits per heavy atom. The lowest BCUT2D eigenvalue weighted by Gasteiger charge is -2.05. The highest BCUT2D eigenvalue weighted by atomic mass is 35.5. The van der Waals surface area contributed by atoms with Gasteiger partial charge in [-0.1, -0.05) is 17.7 Å². The van der Waals surface area contributed by atoms with Crippen LogP contribution in [0.25, 0.3) is 11.1 Å². The van der Waals surface area contributed by atoms with Crippen molar-refractivity contribution in [2.75, 3.05) is 7.11 Å². The molecule has 1 aromatic heterocycles. The van der Waals surface area contributed by atoms with E-state index in [1.165, 1.54) is 0 Å². The van der Waals surface area contributed by atoms with Gasteiger partial charge < -0.3 is 9.84 Å². The second kappa shape index (κ2) is 4.41. The molecule has 2 aromatic rings. The van der Waals surface area contributed by atoms with Crippen molar-refractivity contribution in [3.05, 3.63) is 41.7 Å². The third-order valence-corrected chi connectivity index (χ3v) is 2.55. The van der Waals surface area contributed by atoms with Gasteiger partial charge >= 0.3 is 0 Å². The van der Waals surface area contributed by atoms with Gasteiger partial charge in [0.25, 0.3) is 0 Å². The first-order valence-electron chi connectivity index (χ1n) is 4.68. The molecule has 2 rings (SSSR count). The highest BCUT2D eigenvalue weighted by molar-refractivity contribution is 6.32. The molecule has 0 spiro atoms. The molecule has 0 aliphatic carbocycles. The summed E-state index contributed by atoms with van der Waals surface area (Å²) in [6, 6.07) is 6.90. The van der Waals surface area contributed by atoms with Gasteiger partial charge in [0.1, 0.15) is 11.5 Å². The summed E-state index contributed by atoms with van der Waals surface area (Å²) in [6.45, 7) is 0. The van der Waals surface area contributed by atoms with E-state index in [1.807, 2.05) is 12.1 Å². The number of pyridine rings is 1. The number of nitrogens with zero attached hydrogens (tertiary/aromatic N) is 1. The summed E-state index contributed by atoms with van der Waals surface area (Å²) in [5.41, 5.74) is 1.71. The predicted octanol–water partition coefficient (Wildman–Crippen LogP) is 3.12. The largest absolute Gasteiger partial charge is 0.506 e. The van der Waals surface area contributed by atoms with Crippen molar-refractivity contribution >= 4 is 11.6 Å². The van der Waals surface area contributed by atoms with Gasteiger partial charge in [0.2, 0.25) is 0 Å². The highest BCUT2D eigenvalue weighted by Gasteiger charge is 2.04. The minimum absolute atomic E-state index is 0.0574. The number of halogens is 1. The molecule has 0 aliphatic heterocycles. The molecule has 3 nitrogen and oxygen atoms in total. The first-order chi connectivity index (χ1) is 7.70. The van der Waals surface area contributed by atoms with Gasteiger partial charge in [0.15, 0.2) is 0 Å². The first kappa shape index (κ1) is 10.8. The van der Waals surface area contributed by atoms with E-state index in [-0.39, 0.29) is 5.75 Å². The molecule has 0 aliphatic rings. The predicted molar refractivity (Wildman–Crippen MR) is 62.9 cm³/mol. The van der Waals surface area contributed by atoms with E-state index in [9.17, 15) is 5.11 Å². The SMILES string of the molecule is COc1cncc(-c2ccc(Cl)c(O)c2)c1. The van der Waals surface area contributed by atoms with Crippen LogP contribution in [0.4, 0.5) is 0 Å². The van der Waals surface area contributed by atoms with E-state index < -0.39 is 0 Å². The Morgan fingerprint density at radius 3 is 2.69 bits per heavy atom. The number of aromatic nitrogens is 1. The smallest absolute Gasteiger partial charge is 0.137 e. The minimum Gasteiger partial charge on any atom is -0.506 e. The van der Waals surface area contributed by atoms with Crippen LogP contribution in [0.2, 0.25) is 5.02 Å². The fourth-order valence-electron chi connectivity index (χ4n) is 1.38. The van der Waals surface area contributed by atoms with Gasteiger partial charge in [-0.15, -0.1) is 0 Å². The monoisotopic (exact) mass is 235 g/mol. The number of methoxy groups -OCH3 is 1. The van der Waals surface area contributed by atoms with Crippen LogP contribution in [0.5, 0.6) is 11.5 Å². The standard InChI is InChI=1S/C12H10ClNO2/c1-16-10-4-9(6-14-7-10)8-2-3-11(13)12(15)5-8/h2-7,15H,1H3. The zero-order valence-electron chi connectivity index (χ0n) is 8.64. The van der Waals surface area contributed by atoms with E-state index in [2.05, 4.69) is 4.98 Å². The van der Waals surface area contributed by atoms with Crippen molar-refractivity contribution in [3.63, 3.8) is 0 Å². The highest BCUT2D eigenvalue weighted by Crippen LogP contribution is 2.30. The van der Waals surface area contributed by atoms with Gasteiger partial charge in [-0.2, -0.15) is 0 Å². The molecule has 16 heavy (non-hydrogen) atoms. The van der Waals surface area contributed by atoms with Crippen LogP contribution >= 0.6 is 11.6 Å². The molecule has 0 fully saturated rings. The van der Waals surface area contributed by atoms with Crippen molar-refractivity contribution in [2.45, 2.75) is 0 Å². The molecule has 0 saturated carbocycles. The van der Waals surface area contributed by atoms with Crippen LogP contribution in [-0.4, -0.2) is 17.2 Å². The number of benzene rings is 1. The lowest BCUT2D eigenvalue weighted by molar-refractivity contribution is 0.413. The normalized spacial score (nSPS) is 10.1. The molecule has 0 atom stereocenters. The molecule has 0 amide bonds. The Labute approximate surface area is 98.3 Å². The molecule has 0 bridgehead atoms. The summed E-state index contributed by atoms with van der Waals surface area (Å²) in [6.07, 6.45) is 3.32. The van der Waals surface area contributed by atoms with Crippen molar-refractivity contribution in [1.29, 1.82) is 0 Å². The molecule has 4 heteroatoms. The van der Waals surface area contributed by atoms with Gasteiger partial charge in [-0.25, -0.2) is 0 Å². The van der Waals surface area contributed by atoms with E-state index in [0.29, 0.717) is 10.8 Å². The van der Waals surface area contributed by atoms with Crippen LogP contribution in [0.1, 0.15) is 0 Å². The molecular weight excluding hydrogens is 226 g/mol. The van der Waals surface area contributed by atoms with Crippen LogP contribution in [0.15, 0.2) is 36.7 Å². The van der Waals surface area contributed by atoms with Crippen LogP contribution < -0.4 is 4.74 Å². The topological polar surface area (TPSA) is 42.4 Å². The number of phenols is 1. The van der Waals surface area contributed by atoms with Gasteiger partial charge in [-0.3, -0.25) is 4.98 Å². The molecule has 0 saturated heterocycles. The summed E-state index contributed by atoms with van der Waals surface area (Å²) in [5, 5.41) is 9.84. The fourth-order valence-corrected chi connectivity index (χ4v) is 1.50. The maximum atomic E-state index is 9.50. The lowest BCUT2D eigenvalue weighted by Crippen LogP contribution is -1.86. The number of rotatable bonds is 2. The van der Waals surface area contributed by atoms with Gasteiger partial charge in [0.05, 0.1) is 18.3 Å². The lowest BCUT2D eigenvalue weighted by atomic mass is 10.1. The third kappa shape index (κ3) is 2.09. The third-order valence-electron chi connectivity index (χ3n) is 2.23. The number of ether oxygens (including phenoxy) is 1. The molecule has 82 valence electrons. The van der Waals surface area contributed by atoms with Gasteiger partial charge in [0, 0.05) is 11.8 Å². The summed E-state index contributed by atoms with van der Waals surface area (Å²) in [5.74, 6) is 0.730. The van der Waals surface area contributed by atoms with E-state index in [1.54, 1.807) is 31.6 Å². The summed E-state index contributed by atoms with van der Waals surface area (Å²) < 4.78 is 5.08. The Bertz CT molecular complexity index is 514. The van der Waals surface area contributed by atoms with Crippen molar-refractivity contribution in [2.24, 2.45) is 0 Å². The molecule has 1 heterocycles. The second-order valence-electron chi connectivity index (χ2n) is 3.28. The zero-order valence-corrected chi connectivity index (χ0v) is 9.40. The molecular formula is C12H10ClNO2. The summed E-state index contributed by atoms with van der Waals surface area (Å²) in [7, 11) is 1.58. The fraction of sp³-hybridized carbons (Fsp3) is 0.0833. The Morgan fingerprint density at radius 2 is 2.00 bits per heavy atom. The van der Waals surface area contributed by atoms with Crippen LogP contribution in [0, 0.1) is 0 Å². The number of phenolic OH excluding ortho intramolecular Hbond substituents is 1. The Kier molecular flexibility index (Phi) is 2.97. The summed E-state index contributed by atoms with van der Waals surface area (Å²) >= 11 is 5.74. The van der Waals surface area contributed by atoms with Crippen molar-refractivity contribution < 1.29 is 9.84 Å². The zero-order chi connectivity index (χ0) is 11.5. The molecule has 0 unspecified atom stereocenters. The van der Waals surface area contributed by atoms with E-state index in [0.717, 1.165) is 11.1 Å². The van der Waals surface area contributed by atoms with Gasteiger partial charge in [-0.05, 0) is 23.8 Å². The average Bonchev–Trinajstić information content (AvgIpc) is 2.33. The Balaban J connectivity index is 2.46. The number of hydrogen-bond donors (Lipinski definition) is 1. The maximum absolute atomic E-state index is 9.50. The average molecular weight is 236 g/mol. The summed E-state index contributed by atoms with van der Waals surface area (Å²) in [4.78, 5) is 4.04. The number of aromatic hydroxyl groups is 1. The molecule has 1 N–H and O–H groups in total. The quantitative estimate of drug-likeness (QED) is 0.870. The van der Waals surface area contributed by atoms with Crippen molar-refractivity contribution in [3.8, 4) is 22.6 Å². The van der Waals surface area contributed by atoms with Crippen molar-refractivity contribution in [1.82, 2.24) is 4.98 Å². The van der Waals surface area contributed by atoms with Crippen LogP contribution in [0.3, 0.4) is 0 Å². The first-order valence-corrected chi connectivity index (χ1v) is 5.06. The van der Waals surface area contributed by atoms with E-state index in [4.69, 9.17) is 16.3 Å². The second-order valence-corrected chi connectivity index (χ2v) is 3.69. The minimum atomic E-state index is 0.0574. The Hall–Kier alpha value is -1.74. The maximum Gasteiger partial charge on any atom is 0.137 e. The van der Waals surface area contributed by atoms with E-state index >= 15 is 0 Å². The van der Waals surface area contributed by atoms with Crippen LogP contribution in [-0.2, 0) is 0 Å². The molecule has 0 radical (unpaired) electrons. The molecule has 1 aromatic carbocycles.